The summed E-state index contributed by atoms with van der Waals surface area (Å²) in [6.07, 6.45) is 6.41. The average molecular weight is 374 g/mol. The molecule has 0 atom stereocenters. The Bertz CT molecular complexity index is 536. The van der Waals surface area contributed by atoms with Gasteiger partial charge in [-0.3, -0.25) is 0 Å². The predicted octanol–water partition coefficient (Wildman–Crippen LogP) is 4.01. The zero-order chi connectivity index (χ0) is 15.3. The van der Waals surface area contributed by atoms with Crippen LogP contribution in [0, 0.1) is 0 Å². The molecule has 0 amide bonds. The lowest BCUT2D eigenvalue weighted by molar-refractivity contribution is 0.419. The maximum absolute atomic E-state index is 11.9. The van der Waals surface area contributed by atoms with Gasteiger partial charge in [-0.1, -0.05) is 42.1 Å². The minimum Gasteiger partial charge on any atom is -0.368 e. The smallest absolute Gasteiger partial charge is 0.178 e. The minimum absolute atomic E-state index is 0.153. The molecule has 0 heterocycles. The maximum Gasteiger partial charge on any atom is 0.178 e. The Balaban J connectivity index is 2.20. The van der Waals surface area contributed by atoms with E-state index in [1.165, 1.54) is 32.1 Å². The predicted molar refractivity (Wildman–Crippen MR) is 92.2 cm³/mol. The molecule has 1 aromatic carbocycles. The number of sulfone groups is 1. The van der Waals surface area contributed by atoms with Crippen LogP contribution in [0.4, 0.5) is 5.69 Å². The number of hydrogen-bond acceptors (Lipinski definition) is 3. The van der Waals surface area contributed by atoms with Crippen molar-refractivity contribution in [1.82, 2.24) is 0 Å². The van der Waals surface area contributed by atoms with Crippen LogP contribution in [0.2, 0.25) is 0 Å². The molecule has 1 aromatic rings. The molecule has 2 rings (SSSR count). The molecule has 1 aliphatic carbocycles. The molecule has 0 unspecified atom stereocenters. The quantitative estimate of drug-likeness (QED) is 0.706. The first-order chi connectivity index (χ1) is 10.1. The van der Waals surface area contributed by atoms with Gasteiger partial charge in [0.05, 0.1) is 10.6 Å². The summed E-state index contributed by atoms with van der Waals surface area (Å²) in [6, 6.07) is 8.00. The van der Waals surface area contributed by atoms with Crippen molar-refractivity contribution >= 4 is 31.5 Å². The Labute approximate surface area is 136 Å². The number of benzene rings is 1. The van der Waals surface area contributed by atoms with Gasteiger partial charge < -0.3 is 4.90 Å². The highest BCUT2D eigenvalue weighted by atomic mass is 79.9. The third kappa shape index (κ3) is 4.22. The molecule has 3 nitrogen and oxygen atoms in total. The summed E-state index contributed by atoms with van der Waals surface area (Å²) in [5.41, 5.74) is 1.14. The van der Waals surface area contributed by atoms with Crippen LogP contribution in [0.5, 0.6) is 0 Å². The number of alkyl halides is 1. The van der Waals surface area contributed by atoms with Gasteiger partial charge in [-0.2, -0.15) is 0 Å². The highest BCUT2D eigenvalue weighted by Gasteiger charge is 2.21. The van der Waals surface area contributed by atoms with E-state index >= 15 is 0 Å². The molecule has 0 spiro atoms. The van der Waals surface area contributed by atoms with Crippen molar-refractivity contribution in [3.05, 3.63) is 24.3 Å². The Hall–Kier alpha value is -0.550. The van der Waals surface area contributed by atoms with E-state index in [1.807, 2.05) is 12.1 Å². The molecule has 0 radical (unpaired) electrons. The fourth-order valence-corrected chi connectivity index (χ4v) is 4.28. The standard InChI is InChI=1S/C16H24BrNO2S/c1-2-21(19,20)16-10-8-15(9-11-16)18(13-12-17)14-6-4-3-5-7-14/h8-11,14H,2-7,12-13H2,1H3. The molecular formula is C16H24BrNO2S. The van der Waals surface area contributed by atoms with E-state index in [0.29, 0.717) is 10.9 Å². The van der Waals surface area contributed by atoms with Crippen LogP contribution in [0.25, 0.3) is 0 Å². The maximum atomic E-state index is 11.9. The van der Waals surface area contributed by atoms with E-state index in [0.717, 1.165) is 17.6 Å². The molecule has 5 heteroatoms. The normalized spacial score (nSPS) is 16.9. The van der Waals surface area contributed by atoms with E-state index < -0.39 is 9.84 Å². The Morgan fingerprint density at radius 2 is 1.76 bits per heavy atom. The highest BCUT2D eigenvalue weighted by molar-refractivity contribution is 9.09. The van der Waals surface area contributed by atoms with Crippen molar-refractivity contribution in [3.63, 3.8) is 0 Å². The van der Waals surface area contributed by atoms with Crippen LogP contribution in [0.1, 0.15) is 39.0 Å². The summed E-state index contributed by atoms with van der Waals surface area (Å²) in [5, 5.41) is 0.929. The molecule has 21 heavy (non-hydrogen) atoms. The lowest BCUT2D eigenvalue weighted by Crippen LogP contribution is -2.38. The largest absolute Gasteiger partial charge is 0.368 e. The van der Waals surface area contributed by atoms with Crippen LogP contribution in [0.3, 0.4) is 0 Å². The third-order valence-corrected chi connectivity index (χ3v) is 6.35. The Morgan fingerprint density at radius 1 is 1.14 bits per heavy atom. The van der Waals surface area contributed by atoms with Gasteiger partial charge in [0.25, 0.3) is 0 Å². The number of nitrogens with zero attached hydrogens (tertiary/aromatic N) is 1. The van der Waals surface area contributed by atoms with Crippen molar-refractivity contribution < 1.29 is 8.42 Å². The van der Waals surface area contributed by atoms with Crippen molar-refractivity contribution in [2.24, 2.45) is 0 Å². The van der Waals surface area contributed by atoms with Crippen LogP contribution in [-0.4, -0.2) is 32.1 Å². The molecular weight excluding hydrogens is 350 g/mol. The first-order valence-electron chi connectivity index (χ1n) is 7.74. The highest BCUT2D eigenvalue weighted by Crippen LogP contribution is 2.28. The molecule has 0 saturated heterocycles. The summed E-state index contributed by atoms with van der Waals surface area (Å²) < 4.78 is 23.8. The summed E-state index contributed by atoms with van der Waals surface area (Å²) in [4.78, 5) is 2.85. The molecule has 0 bridgehead atoms. The number of hydrogen-bond donors (Lipinski definition) is 0. The van der Waals surface area contributed by atoms with Gasteiger partial charge in [-0.25, -0.2) is 8.42 Å². The first kappa shape index (κ1) is 16.8. The van der Waals surface area contributed by atoms with Crippen LogP contribution < -0.4 is 4.90 Å². The van der Waals surface area contributed by atoms with Gasteiger partial charge in [0, 0.05) is 23.6 Å². The number of halogens is 1. The van der Waals surface area contributed by atoms with Gasteiger partial charge in [-0.05, 0) is 37.1 Å². The summed E-state index contributed by atoms with van der Waals surface area (Å²) >= 11 is 3.53. The van der Waals surface area contributed by atoms with E-state index in [4.69, 9.17) is 0 Å². The first-order valence-corrected chi connectivity index (χ1v) is 10.5. The van der Waals surface area contributed by atoms with E-state index in [2.05, 4.69) is 20.8 Å². The van der Waals surface area contributed by atoms with Crippen molar-refractivity contribution in [2.45, 2.75) is 50.0 Å². The fourth-order valence-electron chi connectivity index (χ4n) is 3.02. The van der Waals surface area contributed by atoms with Crippen molar-refractivity contribution in [1.29, 1.82) is 0 Å². The van der Waals surface area contributed by atoms with E-state index in [1.54, 1.807) is 19.1 Å². The summed E-state index contributed by atoms with van der Waals surface area (Å²) in [7, 11) is -3.11. The Kier molecular flexibility index (Phi) is 6.11. The Morgan fingerprint density at radius 3 is 2.29 bits per heavy atom. The van der Waals surface area contributed by atoms with Crippen LogP contribution in [-0.2, 0) is 9.84 Å². The number of anilines is 1. The number of rotatable bonds is 6. The van der Waals surface area contributed by atoms with E-state index in [-0.39, 0.29) is 5.75 Å². The SMILES string of the molecule is CCS(=O)(=O)c1ccc(N(CCBr)C2CCCCC2)cc1. The fraction of sp³-hybridized carbons (Fsp3) is 0.625. The molecule has 0 aliphatic heterocycles. The van der Waals surface area contributed by atoms with E-state index in [9.17, 15) is 8.42 Å². The lowest BCUT2D eigenvalue weighted by atomic mass is 9.94. The van der Waals surface area contributed by atoms with Crippen molar-refractivity contribution in [2.75, 3.05) is 22.5 Å². The molecule has 118 valence electrons. The van der Waals surface area contributed by atoms with Gasteiger partial charge >= 0.3 is 0 Å². The van der Waals surface area contributed by atoms with Gasteiger partial charge in [0.15, 0.2) is 9.84 Å². The van der Waals surface area contributed by atoms with Crippen molar-refractivity contribution in [3.8, 4) is 0 Å². The third-order valence-electron chi connectivity index (χ3n) is 4.25. The second-order valence-corrected chi connectivity index (χ2v) is 8.64. The molecule has 0 aromatic heterocycles. The monoisotopic (exact) mass is 373 g/mol. The summed E-state index contributed by atoms with van der Waals surface area (Å²) in [5.74, 6) is 0.153. The zero-order valence-electron chi connectivity index (χ0n) is 12.6. The molecule has 1 fully saturated rings. The topological polar surface area (TPSA) is 37.4 Å². The van der Waals surface area contributed by atoms with Crippen LogP contribution >= 0.6 is 15.9 Å². The van der Waals surface area contributed by atoms with Gasteiger partial charge in [0.1, 0.15) is 0 Å². The zero-order valence-corrected chi connectivity index (χ0v) is 15.0. The van der Waals surface area contributed by atoms with Gasteiger partial charge in [-0.15, -0.1) is 0 Å². The van der Waals surface area contributed by atoms with Gasteiger partial charge in [0.2, 0.25) is 0 Å². The second-order valence-electron chi connectivity index (χ2n) is 5.57. The summed E-state index contributed by atoms with van der Waals surface area (Å²) in [6.45, 7) is 2.65. The molecule has 1 saturated carbocycles. The lowest BCUT2D eigenvalue weighted by Gasteiger charge is -2.36. The molecule has 0 N–H and O–H groups in total. The average Bonchev–Trinajstić information content (AvgIpc) is 2.53. The van der Waals surface area contributed by atoms with Crippen LogP contribution in [0.15, 0.2) is 29.2 Å². The minimum atomic E-state index is -3.11. The second kappa shape index (κ2) is 7.63. The molecule has 1 aliphatic rings.